The first kappa shape index (κ1) is 19.6. The largest absolute Gasteiger partial charge is 0.390 e. The fraction of sp³-hybridized carbons (Fsp3) is 0.391. The van der Waals surface area contributed by atoms with Gasteiger partial charge < -0.3 is 9.74 Å². The van der Waals surface area contributed by atoms with Crippen molar-refractivity contribution in [2.24, 2.45) is 11.1 Å². The standard InChI is InChI=1S/C23H24F2N2O2/c24-19-9-3-5-16(11-19)14-27(23(28)17-6-1-2-7-17)15-21-13-22(26-29-21)18-8-4-10-20(25)12-18/h3-5,8-12,17,21H,1-2,6-7,13-15H2/t21-/m1/s1. The number of hydrogen-bond donors (Lipinski definition) is 0. The molecule has 0 spiro atoms. The van der Waals surface area contributed by atoms with Crippen LogP contribution in [0, 0.1) is 17.6 Å². The third kappa shape index (κ3) is 4.81. The van der Waals surface area contributed by atoms with Gasteiger partial charge in [0.05, 0.1) is 12.3 Å². The summed E-state index contributed by atoms with van der Waals surface area (Å²) < 4.78 is 27.1. The van der Waals surface area contributed by atoms with Crippen LogP contribution < -0.4 is 0 Å². The Kier molecular flexibility index (Phi) is 5.88. The summed E-state index contributed by atoms with van der Waals surface area (Å²) in [6.07, 6.45) is 4.13. The van der Waals surface area contributed by atoms with Crippen LogP contribution in [0.2, 0.25) is 0 Å². The molecule has 6 heteroatoms. The average Bonchev–Trinajstić information content (AvgIpc) is 3.39. The van der Waals surface area contributed by atoms with Gasteiger partial charge in [0.1, 0.15) is 11.6 Å². The molecule has 0 radical (unpaired) electrons. The molecule has 1 saturated carbocycles. The van der Waals surface area contributed by atoms with Crippen molar-refractivity contribution < 1.29 is 18.4 Å². The van der Waals surface area contributed by atoms with Gasteiger partial charge >= 0.3 is 0 Å². The zero-order chi connectivity index (χ0) is 20.2. The summed E-state index contributed by atoms with van der Waals surface area (Å²) in [5, 5.41) is 4.11. The second-order valence-corrected chi connectivity index (χ2v) is 7.81. The van der Waals surface area contributed by atoms with Crippen LogP contribution in [0.1, 0.15) is 43.2 Å². The summed E-state index contributed by atoms with van der Waals surface area (Å²) in [6, 6.07) is 12.6. The molecule has 2 aromatic carbocycles. The number of nitrogens with zero attached hydrogens (tertiary/aromatic N) is 2. The Balaban J connectivity index is 1.46. The maximum absolute atomic E-state index is 13.6. The quantitative estimate of drug-likeness (QED) is 0.709. The molecule has 0 aromatic heterocycles. The topological polar surface area (TPSA) is 41.9 Å². The molecular formula is C23H24F2N2O2. The molecular weight excluding hydrogens is 374 g/mol. The van der Waals surface area contributed by atoms with Gasteiger partial charge in [0, 0.05) is 24.4 Å². The van der Waals surface area contributed by atoms with Gasteiger partial charge in [-0.1, -0.05) is 42.3 Å². The molecule has 152 valence electrons. The van der Waals surface area contributed by atoms with Crippen LogP contribution in [-0.2, 0) is 16.2 Å². The minimum atomic E-state index is -0.321. The predicted octanol–water partition coefficient (Wildman–Crippen LogP) is 4.68. The van der Waals surface area contributed by atoms with Gasteiger partial charge in [0.25, 0.3) is 0 Å². The van der Waals surface area contributed by atoms with Crippen molar-refractivity contribution in [3.8, 4) is 0 Å². The summed E-state index contributed by atoms with van der Waals surface area (Å²) in [5.74, 6) is -0.523. The van der Waals surface area contributed by atoms with Crippen molar-refractivity contribution in [2.45, 2.75) is 44.8 Å². The lowest BCUT2D eigenvalue weighted by Gasteiger charge is -2.27. The Morgan fingerprint density at radius 1 is 1.07 bits per heavy atom. The molecule has 0 N–H and O–H groups in total. The smallest absolute Gasteiger partial charge is 0.226 e. The summed E-state index contributed by atoms with van der Waals surface area (Å²) >= 11 is 0. The van der Waals surface area contributed by atoms with Crippen LogP contribution in [0.25, 0.3) is 0 Å². The fourth-order valence-corrected chi connectivity index (χ4v) is 4.13. The maximum Gasteiger partial charge on any atom is 0.226 e. The van der Waals surface area contributed by atoms with Crippen molar-refractivity contribution >= 4 is 11.6 Å². The van der Waals surface area contributed by atoms with Crippen LogP contribution >= 0.6 is 0 Å². The number of rotatable bonds is 6. The summed E-state index contributed by atoms with van der Waals surface area (Å²) in [4.78, 5) is 20.4. The number of halogens is 2. The number of hydrogen-bond acceptors (Lipinski definition) is 3. The van der Waals surface area contributed by atoms with Gasteiger partial charge in [-0.25, -0.2) is 8.78 Å². The molecule has 29 heavy (non-hydrogen) atoms. The van der Waals surface area contributed by atoms with E-state index in [2.05, 4.69) is 5.16 Å². The van der Waals surface area contributed by atoms with E-state index in [1.54, 1.807) is 23.1 Å². The molecule has 0 bridgehead atoms. The monoisotopic (exact) mass is 398 g/mol. The van der Waals surface area contributed by atoms with E-state index in [-0.39, 0.29) is 29.6 Å². The van der Waals surface area contributed by atoms with Crippen LogP contribution in [0.15, 0.2) is 53.7 Å². The zero-order valence-electron chi connectivity index (χ0n) is 16.2. The minimum Gasteiger partial charge on any atom is -0.390 e. The molecule has 2 aliphatic rings. The molecule has 2 aromatic rings. The molecule has 4 rings (SSSR count). The van der Waals surface area contributed by atoms with Gasteiger partial charge in [0.15, 0.2) is 6.10 Å². The van der Waals surface area contributed by atoms with Crippen LogP contribution in [0.3, 0.4) is 0 Å². The Morgan fingerprint density at radius 3 is 2.52 bits per heavy atom. The Labute approximate surface area is 169 Å². The van der Waals surface area contributed by atoms with E-state index in [0.29, 0.717) is 30.8 Å². The third-order valence-corrected chi connectivity index (χ3v) is 5.59. The molecule has 1 fully saturated rings. The zero-order valence-corrected chi connectivity index (χ0v) is 16.2. The van der Waals surface area contributed by atoms with E-state index in [0.717, 1.165) is 31.2 Å². The number of carbonyl (C=O) groups excluding carboxylic acids is 1. The number of amides is 1. The SMILES string of the molecule is O=C(C1CCCC1)N(Cc1cccc(F)c1)C[C@H]1CC(c2cccc(F)c2)=NO1. The van der Waals surface area contributed by atoms with E-state index < -0.39 is 0 Å². The molecule has 1 atom stereocenters. The number of carbonyl (C=O) groups is 1. The molecule has 4 nitrogen and oxygen atoms in total. The molecule has 1 amide bonds. The van der Waals surface area contributed by atoms with Crippen molar-refractivity contribution in [2.75, 3.05) is 6.54 Å². The lowest BCUT2D eigenvalue weighted by Crippen LogP contribution is -2.40. The average molecular weight is 398 g/mol. The lowest BCUT2D eigenvalue weighted by molar-refractivity contribution is -0.137. The predicted molar refractivity (Wildman–Crippen MR) is 106 cm³/mol. The molecule has 1 heterocycles. The normalized spacial score (nSPS) is 19.1. The second kappa shape index (κ2) is 8.72. The molecule has 0 saturated heterocycles. The Bertz CT molecular complexity index is 909. The fourth-order valence-electron chi connectivity index (χ4n) is 4.13. The van der Waals surface area contributed by atoms with E-state index in [4.69, 9.17) is 4.84 Å². The van der Waals surface area contributed by atoms with Gasteiger partial charge in [-0.05, 0) is 42.7 Å². The van der Waals surface area contributed by atoms with Crippen LogP contribution in [0.5, 0.6) is 0 Å². The highest BCUT2D eigenvalue weighted by molar-refractivity contribution is 6.01. The van der Waals surface area contributed by atoms with Crippen LogP contribution in [-0.4, -0.2) is 29.2 Å². The first-order chi connectivity index (χ1) is 14.1. The Morgan fingerprint density at radius 2 is 1.79 bits per heavy atom. The number of benzene rings is 2. The van der Waals surface area contributed by atoms with E-state index in [9.17, 15) is 13.6 Å². The minimum absolute atomic E-state index is 0.0218. The van der Waals surface area contributed by atoms with Crippen molar-refractivity contribution in [3.63, 3.8) is 0 Å². The van der Waals surface area contributed by atoms with Gasteiger partial charge in [-0.2, -0.15) is 0 Å². The summed E-state index contributed by atoms with van der Waals surface area (Å²) in [7, 11) is 0. The van der Waals surface area contributed by atoms with E-state index in [1.807, 2.05) is 6.07 Å². The summed E-state index contributed by atoms with van der Waals surface area (Å²) in [6.45, 7) is 0.705. The highest BCUT2D eigenvalue weighted by atomic mass is 19.1. The lowest BCUT2D eigenvalue weighted by atomic mass is 10.0. The van der Waals surface area contributed by atoms with Crippen molar-refractivity contribution in [3.05, 3.63) is 71.3 Å². The first-order valence-corrected chi connectivity index (χ1v) is 10.1. The second-order valence-electron chi connectivity index (χ2n) is 7.81. The number of oxime groups is 1. The molecule has 1 aliphatic carbocycles. The Hall–Kier alpha value is -2.76. The van der Waals surface area contributed by atoms with Crippen molar-refractivity contribution in [1.82, 2.24) is 4.90 Å². The van der Waals surface area contributed by atoms with Gasteiger partial charge in [-0.3, -0.25) is 4.79 Å². The van der Waals surface area contributed by atoms with Gasteiger partial charge in [-0.15, -0.1) is 0 Å². The third-order valence-electron chi connectivity index (χ3n) is 5.59. The van der Waals surface area contributed by atoms with Crippen LogP contribution in [0.4, 0.5) is 8.78 Å². The summed E-state index contributed by atoms with van der Waals surface area (Å²) in [5.41, 5.74) is 2.11. The van der Waals surface area contributed by atoms with Gasteiger partial charge in [0.2, 0.25) is 5.91 Å². The van der Waals surface area contributed by atoms with E-state index >= 15 is 0 Å². The highest BCUT2D eigenvalue weighted by Gasteiger charge is 2.31. The molecule has 0 unspecified atom stereocenters. The van der Waals surface area contributed by atoms with E-state index in [1.165, 1.54) is 24.3 Å². The van der Waals surface area contributed by atoms with Crippen molar-refractivity contribution in [1.29, 1.82) is 0 Å². The maximum atomic E-state index is 13.6. The first-order valence-electron chi connectivity index (χ1n) is 10.1. The highest BCUT2D eigenvalue weighted by Crippen LogP contribution is 2.28. The molecule has 1 aliphatic heterocycles.